The highest BCUT2D eigenvalue weighted by Gasteiger charge is 2.14. The van der Waals surface area contributed by atoms with Crippen LogP contribution in [0.3, 0.4) is 0 Å². The molecule has 0 bridgehead atoms. The number of carbonyl (C=O) groups is 1. The summed E-state index contributed by atoms with van der Waals surface area (Å²) in [5.41, 5.74) is 0.865. The van der Waals surface area contributed by atoms with E-state index >= 15 is 0 Å². The van der Waals surface area contributed by atoms with E-state index < -0.39 is 5.82 Å². The number of hydrogen-bond donors (Lipinski definition) is 1. The first-order valence-electron chi connectivity index (χ1n) is 6.91. The molecule has 1 amide bonds. The number of amides is 1. The Hall–Kier alpha value is -2.56. The van der Waals surface area contributed by atoms with Crippen LogP contribution in [0.15, 0.2) is 48.5 Å². The van der Waals surface area contributed by atoms with Crippen LogP contribution >= 0.6 is 0 Å². The van der Waals surface area contributed by atoms with Crippen LogP contribution in [-0.4, -0.2) is 19.6 Å². The summed E-state index contributed by atoms with van der Waals surface area (Å²) in [6, 6.07) is 13.2. The predicted molar refractivity (Wildman–Crippen MR) is 81.4 cm³/mol. The van der Waals surface area contributed by atoms with Gasteiger partial charge in [0.25, 0.3) is 5.91 Å². The van der Waals surface area contributed by atoms with Crippen molar-refractivity contribution in [2.45, 2.75) is 13.0 Å². The lowest BCUT2D eigenvalue weighted by molar-refractivity contribution is -0.123. The number of rotatable bonds is 6. The summed E-state index contributed by atoms with van der Waals surface area (Å²) >= 11 is 0. The summed E-state index contributed by atoms with van der Waals surface area (Å²) in [4.78, 5) is 11.9. The van der Waals surface area contributed by atoms with E-state index in [1.165, 1.54) is 12.1 Å². The van der Waals surface area contributed by atoms with Crippen LogP contribution in [-0.2, 0) is 4.79 Å². The first-order valence-corrected chi connectivity index (χ1v) is 6.91. The van der Waals surface area contributed by atoms with E-state index in [9.17, 15) is 9.18 Å². The smallest absolute Gasteiger partial charge is 0.258 e. The Labute approximate surface area is 128 Å². The van der Waals surface area contributed by atoms with Crippen molar-refractivity contribution in [1.29, 1.82) is 0 Å². The third-order valence-corrected chi connectivity index (χ3v) is 3.18. The summed E-state index contributed by atoms with van der Waals surface area (Å²) in [6.07, 6.45) is 0. The molecule has 2 aromatic carbocycles. The van der Waals surface area contributed by atoms with Gasteiger partial charge < -0.3 is 14.8 Å². The predicted octanol–water partition coefficient (Wildman–Crippen LogP) is 3.09. The van der Waals surface area contributed by atoms with E-state index in [1.807, 2.05) is 31.2 Å². The Balaban J connectivity index is 1.93. The molecule has 5 heteroatoms. The number of halogens is 1. The number of methoxy groups -OCH3 is 1. The lowest BCUT2D eigenvalue weighted by Gasteiger charge is -2.17. The SMILES string of the molecule is COc1ccccc1C(C)NC(=O)COc1ccccc1F. The van der Waals surface area contributed by atoms with E-state index in [0.717, 1.165) is 5.56 Å². The largest absolute Gasteiger partial charge is 0.496 e. The number of ether oxygens (including phenoxy) is 2. The molecule has 0 saturated carbocycles. The van der Waals surface area contributed by atoms with Crippen LogP contribution in [0, 0.1) is 5.82 Å². The molecule has 1 unspecified atom stereocenters. The highest BCUT2D eigenvalue weighted by molar-refractivity contribution is 5.78. The van der Waals surface area contributed by atoms with Gasteiger partial charge in [-0.15, -0.1) is 0 Å². The van der Waals surface area contributed by atoms with E-state index in [0.29, 0.717) is 5.75 Å². The van der Waals surface area contributed by atoms with E-state index in [1.54, 1.807) is 19.2 Å². The van der Waals surface area contributed by atoms with Gasteiger partial charge in [-0.1, -0.05) is 30.3 Å². The van der Waals surface area contributed by atoms with E-state index in [-0.39, 0.29) is 24.3 Å². The Bertz CT molecular complexity index is 645. The summed E-state index contributed by atoms with van der Waals surface area (Å²) in [6.45, 7) is 1.60. The van der Waals surface area contributed by atoms with Gasteiger partial charge in [-0.3, -0.25) is 4.79 Å². The molecule has 1 N–H and O–H groups in total. The molecule has 0 aliphatic carbocycles. The number of benzene rings is 2. The quantitative estimate of drug-likeness (QED) is 0.892. The van der Waals surface area contributed by atoms with Crippen molar-refractivity contribution in [3.05, 3.63) is 59.9 Å². The van der Waals surface area contributed by atoms with Crippen molar-refractivity contribution in [3.63, 3.8) is 0 Å². The molecule has 0 aliphatic heterocycles. The van der Waals surface area contributed by atoms with Crippen LogP contribution in [0.2, 0.25) is 0 Å². The number of carbonyl (C=O) groups excluding carboxylic acids is 1. The lowest BCUT2D eigenvalue weighted by atomic mass is 10.1. The maximum absolute atomic E-state index is 13.4. The normalized spacial score (nSPS) is 11.6. The molecule has 0 aliphatic rings. The summed E-state index contributed by atoms with van der Waals surface area (Å²) < 4.78 is 23.8. The molecular weight excluding hydrogens is 285 g/mol. The van der Waals surface area contributed by atoms with Gasteiger partial charge in [0.2, 0.25) is 0 Å². The summed E-state index contributed by atoms with van der Waals surface area (Å²) in [5, 5.41) is 2.79. The fraction of sp³-hybridized carbons (Fsp3) is 0.235. The minimum absolute atomic E-state index is 0.0580. The maximum Gasteiger partial charge on any atom is 0.258 e. The molecule has 0 saturated heterocycles. The average molecular weight is 303 g/mol. The zero-order valence-corrected chi connectivity index (χ0v) is 12.5. The number of para-hydroxylation sites is 2. The Morgan fingerprint density at radius 2 is 1.77 bits per heavy atom. The van der Waals surface area contributed by atoms with Gasteiger partial charge in [0.15, 0.2) is 18.2 Å². The van der Waals surface area contributed by atoms with Gasteiger partial charge in [0.05, 0.1) is 13.2 Å². The molecule has 0 radical (unpaired) electrons. The van der Waals surface area contributed by atoms with Gasteiger partial charge in [-0.2, -0.15) is 0 Å². The van der Waals surface area contributed by atoms with Crippen molar-refractivity contribution in [2.75, 3.05) is 13.7 Å². The van der Waals surface area contributed by atoms with Crippen molar-refractivity contribution in [2.24, 2.45) is 0 Å². The van der Waals surface area contributed by atoms with Crippen LogP contribution in [0.25, 0.3) is 0 Å². The Kier molecular flexibility index (Phi) is 5.36. The summed E-state index contributed by atoms with van der Waals surface area (Å²) in [5.74, 6) is -0.0670. The van der Waals surface area contributed by atoms with Gasteiger partial charge in [-0.25, -0.2) is 4.39 Å². The second kappa shape index (κ2) is 7.45. The van der Waals surface area contributed by atoms with Crippen LogP contribution in [0.1, 0.15) is 18.5 Å². The van der Waals surface area contributed by atoms with Crippen molar-refractivity contribution < 1.29 is 18.7 Å². The molecule has 1 atom stereocenters. The highest BCUT2D eigenvalue weighted by Crippen LogP contribution is 2.24. The van der Waals surface area contributed by atoms with Gasteiger partial charge >= 0.3 is 0 Å². The first kappa shape index (κ1) is 15.8. The topological polar surface area (TPSA) is 47.6 Å². The van der Waals surface area contributed by atoms with Crippen LogP contribution < -0.4 is 14.8 Å². The molecule has 4 nitrogen and oxygen atoms in total. The molecule has 116 valence electrons. The molecular formula is C17H18FNO3. The second-order valence-corrected chi connectivity index (χ2v) is 4.75. The highest BCUT2D eigenvalue weighted by atomic mass is 19.1. The molecule has 0 aromatic heterocycles. The van der Waals surface area contributed by atoms with Gasteiger partial charge in [0, 0.05) is 5.56 Å². The fourth-order valence-electron chi connectivity index (χ4n) is 2.09. The molecule has 0 spiro atoms. The van der Waals surface area contributed by atoms with Crippen molar-refractivity contribution in [1.82, 2.24) is 5.32 Å². The lowest BCUT2D eigenvalue weighted by Crippen LogP contribution is -2.31. The molecule has 2 aromatic rings. The van der Waals surface area contributed by atoms with Gasteiger partial charge in [0.1, 0.15) is 5.75 Å². The number of nitrogens with one attached hydrogen (secondary N) is 1. The second-order valence-electron chi connectivity index (χ2n) is 4.75. The molecule has 0 fully saturated rings. The van der Waals surface area contributed by atoms with Crippen LogP contribution in [0.4, 0.5) is 4.39 Å². The molecule has 0 heterocycles. The van der Waals surface area contributed by atoms with Crippen molar-refractivity contribution in [3.8, 4) is 11.5 Å². The molecule has 2 rings (SSSR count). The van der Waals surface area contributed by atoms with E-state index in [4.69, 9.17) is 9.47 Å². The average Bonchev–Trinajstić information content (AvgIpc) is 2.54. The third-order valence-electron chi connectivity index (χ3n) is 3.18. The number of hydrogen-bond acceptors (Lipinski definition) is 3. The first-order chi connectivity index (χ1) is 10.6. The zero-order chi connectivity index (χ0) is 15.9. The Morgan fingerprint density at radius 1 is 1.14 bits per heavy atom. The zero-order valence-electron chi connectivity index (χ0n) is 12.5. The van der Waals surface area contributed by atoms with Crippen LogP contribution in [0.5, 0.6) is 11.5 Å². The minimum atomic E-state index is -0.493. The maximum atomic E-state index is 13.4. The van der Waals surface area contributed by atoms with Crippen molar-refractivity contribution >= 4 is 5.91 Å². The molecule has 22 heavy (non-hydrogen) atoms. The summed E-state index contributed by atoms with van der Waals surface area (Å²) in [7, 11) is 1.58. The third kappa shape index (κ3) is 3.97. The monoisotopic (exact) mass is 303 g/mol. The standard InChI is InChI=1S/C17H18FNO3/c1-12(13-7-3-5-9-15(13)21-2)19-17(20)11-22-16-10-6-4-8-14(16)18/h3-10,12H,11H2,1-2H3,(H,19,20). The Morgan fingerprint density at radius 3 is 2.45 bits per heavy atom. The minimum Gasteiger partial charge on any atom is -0.496 e. The van der Waals surface area contributed by atoms with E-state index in [2.05, 4.69) is 5.32 Å². The van der Waals surface area contributed by atoms with Gasteiger partial charge in [-0.05, 0) is 25.1 Å². The fourth-order valence-corrected chi connectivity index (χ4v) is 2.09.